The standard InChI is InChI=1S/C19H23NO2/c1-4-17(22-18-8-6-5-7-15(18)3)19(21)20-13-16-11-9-14(2)10-12-16/h5-12,17H,4,13H2,1-3H3,(H,20,21)/t17-/m0/s1. The van der Waals surface area contributed by atoms with Gasteiger partial charge >= 0.3 is 0 Å². The largest absolute Gasteiger partial charge is 0.480 e. The Morgan fingerprint density at radius 3 is 2.41 bits per heavy atom. The molecule has 0 saturated carbocycles. The lowest BCUT2D eigenvalue weighted by Gasteiger charge is -2.18. The second kappa shape index (κ2) is 7.64. The number of para-hydroxylation sites is 1. The fourth-order valence-corrected chi connectivity index (χ4v) is 2.17. The smallest absolute Gasteiger partial charge is 0.261 e. The molecular formula is C19H23NO2. The predicted molar refractivity (Wildman–Crippen MR) is 88.9 cm³/mol. The van der Waals surface area contributed by atoms with E-state index in [-0.39, 0.29) is 5.91 Å². The van der Waals surface area contributed by atoms with Crippen molar-refractivity contribution in [3.8, 4) is 5.75 Å². The molecule has 22 heavy (non-hydrogen) atoms. The molecule has 0 spiro atoms. The number of benzene rings is 2. The molecule has 0 bridgehead atoms. The summed E-state index contributed by atoms with van der Waals surface area (Å²) in [5.41, 5.74) is 3.33. The number of carbonyl (C=O) groups excluding carboxylic acids is 1. The quantitative estimate of drug-likeness (QED) is 0.881. The van der Waals surface area contributed by atoms with Gasteiger partial charge in [-0.1, -0.05) is 55.0 Å². The van der Waals surface area contributed by atoms with E-state index in [1.807, 2.05) is 69.3 Å². The SMILES string of the molecule is CC[C@H](Oc1ccccc1C)C(=O)NCc1ccc(C)cc1. The molecule has 0 aromatic heterocycles. The van der Waals surface area contributed by atoms with Gasteiger partial charge in [0.2, 0.25) is 0 Å². The van der Waals surface area contributed by atoms with Gasteiger partial charge in [-0.15, -0.1) is 0 Å². The Balaban J connectivity index is 1.94. The topological polar surface area (TPSA) is 38.3 Å². The minimum atomic E-state index is -0.466. The fraction of sp³-hybridized carbons (Fsp3) is 0.316. The summed E-state index contributed by atoms with van der Waals surface area (Å²) in [6, 6.07) is 15.9. The van der Waals surface area contributed by atoms with E-state index >= 15 is 0 Å². The number of carbonyl (C=O) groups is 1. The highest BCUT2D eigenvalue weighted by Gasteiger charge is 2.18. The summed E-state index contributed by atoms with van der Waals surface area (Å²) in [5.74, 6) is 0.686. The van der Waals surface area contributed by atoms with E-state index in [9.17, 15) is 4.79 Å². The van der Waals surface area contributed by atoms with E-state index in [2.05, 4.69) is 5.32 Å². The van der Waals surface area contributed by atoms with Crippen LogP contribution in [0.4, 0.5) is 0 Å². The van der Waals surface area contributed by atoms with E-state index < -0.39 is 6.10 Å². The van der Waals surface area contributed by atoms with Gasteiger partial charge < -0.3 is 10.1 Å². The van der Waals surface area contributed by atoms with E-state index in [4.69, 9.17) is 4.74 Å². The first-order valence-corrected chi connectivity index (χ1v) is 7.65. The first-order valence-electron chi connectivity index (χ1n) is 7.65. The molecule has 0 aliphatic carbocycles. The molecule has 2 aromatic carbocycles. The molecule has 1 N–H and O–H groups in total. The third-order valence-electron chi connectivity index (χ3n) is 3.61. The zero-order valence-corrected chi connectivity index (χ0v) is 13.4. The van der Waals surface area contributed by atoms with Crippen molar-refractivity contribution < 1.29 is 9.53 Å². The second-order valence-corrected chi connectivity index (χ2v) is 5.48. The summed E-state index contributed by atoms with van der Waals surface area (Å²) in [6.07, 6.45) is 0.167. The van der Waals surface area contributed by atoms with Crippen LogP contribution in [0.25, 0.3) is 0 Å². The summed E-state index contributed by atoms with van der Waals surface area (Å²) in [7, 11) is 0. The van der Waals surface area contributed by atoms with Crippen LogP contribution >= 0.6 is 0 Å². The van der Waals surface area contributed by atoms with Crippen LogP contribution < -0.4 is 10.1 Å². The van der Waals surface area contributed by atoms with Crippen LogP contribution in [0.1, 0.15) is 30.0 Å². The van der Waals surface area contributed by atoms with Crippen LogP contribution in [0.5, 0.6) is 5.75 Å². The summed E-state index contributed by atoms with van der Waals surface area (Å²) < 4.78 is 5.85. The molecule has 0 saturated heterocycles. The summed E-state index contributed by atoms with van der Waals surface area (Å²) in [5, 5.41) is 2.95. The molecule has 0 heterocycles. The van der Waals surface area contributed by atoms with Crippen LogP contribution in [0.15, 0.2) is 48.5 Å². The zero-order chi connectivity index (χ0) is 15.9. The molecule has 0 fully saturated rings. The van der Waals surface area contributed by atoms with Crippen molar-refractivity contribution in [2.75, 3.05) is 0 Å². The van der Waals surface area contributed by atoms with Gasteiger partial charge in [0.1, 0.15) is 5.75 Å². The van der Waals surface area contributed by atoms with Crippen LogP contribution in [-0.4, -0.2) is 12.0 Å². The van der Waals surface area contributed by atoms with Gasteiger partial charge in [0.05, 0.1) is 0 Å². The Morgan fingerprint density at radius 2 is 1.77 bits per heavy atom. The lowest BCUT2D eigenvalue weighted by atomic mass is 10.1. The number of ether oxygens (including phenoxy) is 1. The monoisotopic (exact) mass is 297 g/mol. The van der Waals surface area contributed by atoms with Gasteiger partial charge in [0.15, 0.2) is 6.10 Å². The van der Waals surface area contributed by atoms with E-state index in [0.29, 0.717) is 13.0 Å². The first kappa shape index (κ1) is 16.1. The van der Waals surface area contributed by atoms with Gasteiger partial charge in [0, 0.05) is 6.54 Å². The highest BCUT2D eigenvalue weighted by molar-refractivity contribution is 5.81. The third-order valence-corrected chi connectivity index (χ3v) is 3.61. The number of hydrogen-bond donors (Lipinski definition) is 1. The molecule has 3 heteroatoms. The zero-order valence-electron chi connectivity index (χ0n) is 13.4. The Bertz CT molecular complexity index is 620. The Labute approximate surface area is 132 Å². The third kappa shape index (κ3) is 4.35. The summed E-state index contributed by atoms with van der Waals surface area (Å²) >= 11 is 0. The normalized spacial score (nSPS) is 11.8. The van der Waals surface area contributed by atoms with E-state index in [1.165, 1.54) is 5.56 Å². The fourth-order valence-electron chi connectivity index (χ4n) is 2.17. The maximum absolute atomic E-state index is 12.3. The van der Waals surface area contributed by atoms with Gasteiger partial charge in [-0.3, -0.25) is 4.79 Å². The lowest BCUT2D eigenvalue weighted by molar-refractivity contribution is -0.128. The van der Waals surface area contributed by atoms with Crippen molar-refractivity contribution >= 4 is 5.91 Å². The van der Waals surface area contributed by atoms with Gasteiger partial charge in [-0.2, -0.15) is 0 Å². The molecule has 0 aliphatic heterocycles. The predicted octanol–water partition coefficient (Wildman–Crippen LogP) is 3.78. The molecule has 0 unspecified atom stereocenters. The van der Waals surface area contributed by atoms with Crippen molar-refractivity contribution in [1.29, 1.82) is 0 Å². The van der Waals surface area contributed by atoms with Gasteiger partial charge in [-0.25, -0.2) is 0 Å². The highest BCUT2D eigenvalue weighted by atomic mass is 16.5. The minimum Gasteiger partial charge on any atom is -0.480 e. The molecule has 0 aliphatic rings. The summed E-state index contributed by atoms with van der Waals surface area (Å²) in [4.78, 5) is 12.3. The molecule has 2 rings (SSSR count). The molecule has 1 amide bonds. The number of rotatable bonds is 6. The van der Waals surface area contributed by atoms with E-state index in [0.717, 1.165) is 16.9 Å². The number of aryl methyl sites for hydroxylation is 2. The first-order chi connectivity index (χ1) is 10.6. The Hall–Kier alpha value is -2.29. The second-order valence-electron chi connectivity index (χ2n) is 5.48. The van der Waals surface area contributed by atoms with Crippen LogP contribution in [-0.2, 0) is 11.3 Å². The Morgan fingerprint density at radius 1 is 1.09 bits per heavy atom. The maximum Gasteiger partial charge on any atom is 0.261 e. The van der Waals surface area contributed by atoms with Crippen molar-refractivity contribution in [3.63, 3.8) is 0 Å². The van der Waals surface area contributed by atoms with Crippen molar-refractivity contribution in [2.24, 2.45) is 0 Å². The lowest BCUT2D eigenvalue weighted by Crippen LogP contribution is -2.37. The number of amides is 1. The molecule has 0 radical (unpaired) electrons. The summed E-state index contributed by atoms with van der Waals surface area (Å²) in [6.45, 7) is 6.50. The molecule has 3 nitrogen and oxygen atoms in total. The van der Waals surface area contributed by atoms with Crippen molar-refractivity contribution in [3.05, 3.63) is 65.2 Å². The average molecular weight is 297 g/mol. The minimum absolute atomic E-state index is 0.0775. The molecule has 2 aromatic rings. The van der Waals surface area contributed by atoms with Crippen LogP contribution in [0.3, 0.4) is 0 Å². The van der Waals surface area contributed by atoms with Crippen molar-refractivity contribution in [1.82, 2.24) is 5.32 Å². The van der Waals surface area contributed by atoms with Gasteiger partial charge in [-0.05, 0) is 37.5 Å². The van der Waals surface area contributed by atoms with Crippen LogP contribution in [0.2, 0.25) is 0 Å². The van der Waals surface area contributed by atoms with Crippen LogP contribution in [0, 0.1) is 13.8 Å². The maximum atomic E-state index is 12.3. The molecule has 1 atom stereocenters. The molecular weight excluding hydrogens is 274 g/mol. The van der Waals surface area contributed by atoms with E-state index in [1.54, 1.807) is 0 Å². The average Bonchev–Trinajstić information content (AvgIpc) is 2.53. The Kier molecular flexibility index (Phi) is 5.59. The van der Waals surface area contributed by atoms with Gasteiger partial charge in [0.25, 0.3) is 5.91 Å². The number of nitrogens with one attached hydrogen (secondary N) is 1. The highest BCUT2D eigenvalue weighted by Crippen LogP contribution is 2.18. The van der Waals surface area contributed by atoms with Crippen molar-refractivity contribution in [2.45, 2.75) is 39.8 Å². The molecule has 116 valence electrons. The number of hydrogen-bond acceptors (Lipinski definition) is 2.